The molecule has 3 nitrogen and oxygen atoms in total. The van der Waals surface area contributed by atoms with Crippen LogP contribution in [0.25, 0.3) is 11.0 Å². The van der Waals surface area contributed by atoms with E-state index in [0.29, 0.717) is 29.0 Å². The Bertz CT molecular complexity index is 572. The molecule has 1 aliphatic carbocycles. The van der Waals surface area contributed by atoms with Crippen LogP contribution in [0.4, 0.5) is 0 Å². The molecule has 1 aliphatic rings. The van der Waals surface area contributed by atoms with Gasteiger partial charge in [-0.1, -0.05) is 23.7 Å². The zero-order valence-electron chi connectivity index (χ0n) is 9.20. The lowest BCUT2D eigenvalue weighted by Gasteiger charge is -1.98. The van der Waals surface area contributed by atoms with Gasteiger partial charge in [0.05, 0.1) is 11.6 Å². The van der Waals surface area contributed by atoms with Crippen LogP contribution >= 0.6 is 11.6 Å². The number of rotatable bonds is 4. The number of furan rings is 1. The summed E-state index contributed by atoms with van der Waals surface area (Å²) in [6.45, 7) is 0.335. The summed E-state index contributed by atoms with van der Waals surface area (Å²) in [6.07, 6.45) is 2.33. The van der Waals surface area contributed by atoms with Gasteiger partial charge in [-0.3, -0.25) is 4.79 Å². The molecular formula is C13H12ClNO2. The fourth-order valence-electron chi connectivity index (χ4n) is 1.78. The molecule has 1 aromatic carbocycles. The molecule has 0 radical (unpaired) electrons. The van der Waals surface area contributed by atoms with Gasteiger partial charge in [-0.15, -0.1) is 0 Å². The second-order valence-corrected chi connectivity index (χ2v) is 4.75. The number of ketones is 1. The van der Waals surface area contributed by atoms with Crippen molar-refractivity contribution >= 4 is 28.4 Å². The second kappa shape index (κ2) is 4.17. The van der Waals surface area contributed by atoms with Gasteiger partial charge in [0.1, 0.15) is 0 Å². The number of para-hydroxylation sites is 1. The van der Waals surface area contributed by atoms with Crippen LogP contribution in [0.1, 0.15) is 23.4 Å². The van der Waals surface area contributed by atoms with Crippen molar-refractivity contribution in [1.82, 2.24) is 5.32 Å². The molecule has 4 heteroatoms. The Balaban J connectivity index is 1.84. The Kier molecular flexibility index (Phi) is 2.65. The Morgan fingerprint density at radius 3 is 3.00 bits per heavy atom. The van der Waals surface area contributed by atoms with Crippen LogP contribution in [0.2, 0.25) is 5.02 Å². The topological polar surface area (TPSA) is 42.2 Å². The van der Waals surface area contributed by atoms with Crippen LogP contribution in [-0.4, -0.2) is 18.4 Å². The first-order valence-corrected chi connectivity index (χ1v) is 6.06. The number of carbonyl (C=O) groups excluding carboxylic acids is 1. The van der Waals surface area contributed by atoms with Gasteiger partial charge < -0.3 is 9.73 Å². The molecule has 0 spiro atoms. The Labute approximate surface area is 104 Å². The minimum Gasteiger partial charge on any atom is -0.451 e. The van der Waals surface area contributed by atoms with Crippen molar-refractivity contribution in [2.45, 2.75) is 18.9 Å². The number of Topliss-reactive ketones (excluding diaryl/α,β-unsaturated/α-hetero) is 1. The average Bonchev–Trinajstić information content (AvgIpc) is 3.04. The van der Waals surface area contributed by atoms with E-state index < -0.39 is 0 Å². The summed E-state index contributed by atoms with van der Waals surface area (Å²) in [5.74, 6) is 0.352. The predicted molar refractivity (Wildman–Crippen MR) is 66.6 cm³/mol. The average molecular weight is 250 g/mol. The van der Waals surface area contributed by atoms with E-state index in [-0.39, 0.29) is 5.78 Å². The Morgan fingerprint density at radius 2 is 2.29 bits per heavy atom. The minimum atomic E-state index is -0.0239. The summed E-state index contributed by atoms with van der Waals surface area (Å²) in [5, 5.41) is 4.58. The molecule has 3 rings (SSSR count). The summed E-state index contributed by atoms with van der Waals surface area (Å²) in [5.41, 5.74) is 0.587. The van der Waals surface area contributed by atoms with Gasteiger partial charge in [-0.2, -0.15) is 0 Å². The normalized spacial score (nSPS) is 15.4. The third kappa shape index (κ3) is 2.21. The molecule has 1 heterocycles. The van der Waals surface area contributed by atoms with Crippen LogP contribution < -0.4 is 5.32 Å². The van der Waals surface area contributed by atoms with Crippen LogP contribution in [0, 0.1) is 0 Å². The highest BCUT2D eigenvalue weighted by molar-refractivity contribution is 6.34. The summed E-state index contributed by atoms with van der Waals surface area (Å²) < 4.78 is 5.49. The van der Waals surface area contributed by atoms with Gasteiger partial charge in [-0.25, -0.2) is 0 Å². The van der Waals surface area contributed by atoms with Gasteiger partial charge >= 0.3 is 0 Å². The Morgan fingerprint density at radius 1 is 1.47 bits per heavy atom. The summed E-state index contributed by atoms with van der Waals surface area (Å²) in [7, 11) is 0. The van der Waals surface area contributed by atoms with Crippen LogP contribution in [0.3, 0.4) is 0 Å². The summed E-state index contributed by atoms with van der Waals surface area (Å²) in [4.78, 5) is 11.9. The molecule has 0 amide bonds. The van der Waals surface area contributed by atoms with Crippen molar-refractivity contribution in [1.29, 1.82) is 0 Å². The van der Waals surface area contributed by atoms with E-state index in [2.05, 4.69) is 5.32 Å². The number of nitrogens with one attached hydrogen (secondary N) is 1. The number of hydrogen-bond donors (Lipinski definition) is 1. The van der Waals surface area contributed by atoms with Crippen molar-refractivity contribution in [3.05, 3.63) is 35.0 Å². The maximum atomic E-state index is 11.9. The van der Waals surface area contributed by atoms with E-state index in [0.717, 1.165) is 5.39 Å². The lowest BCUT2D eigenvalue weighted by atomic mass is 10.2. The standard InChI is InChI=1S/C13H12ClNO2/c14-10-3-1-2-8-6-12(17-13(8)10)11(16)7-15-9-4-5-9/h1-3,6,9,15H,4-5,7H2. The van der Waals surface area contributed by atoms with Crippen LogP contribution in [-0.2, 0) is 0 Å². The van der Waals surface area contributed by atoms with E-state index in [4.69, 9.17) is 16.0 Å². The van der Waals surface area contributed by atoms with E-state index in [1.165, 1.54) is 12.8 Å². The molecule has 1 N–H and O–H groups in total. The van der Waals surface area contributed by atoms with E-state index in [1.807, 2.05) is 12.1 Å². The lowest BCUT2D eigenvalue weighted by molar-refractivity contribution is 0.0966. The number of hydrogen-bond acceptors (Lipinski definition) is 3. The van der Waals surface area contributed by atoms with Crippen molar-refractivity contribution in [3.63, 3.8) is 0 Å². The molecular weight excluding hydrogens is 238 g/mol. The van der Waals surface area contributed by atoms with E-state index in [9.17, 15) is 4.79 Å². The van der Waals surface area contributed by atoms with Crippen molar-refractivity contribution in [2.24, 2.45) is 0 Å². The van der Waals surface area contributed by atoms with Gasteiger partial charge in [-0.05, 0) is 25.0 Å². The molecule has 1 aromatic heterocycles. The first kappa shape index (κ1) is 10.8. The van der Waals surface area contributed by atoms with Crippen molar-refractivity contribution < 1.29 is 9.21 Å². The quantitative estimate of drug-likeness (QED) is 0.847. The van der Waals surface area contributed by atoms with Crippen molar-refractivity contribution in [3.8, 4) is 0 Å². The fourth-order valence-corrected chi connectivity index (χ4v) is 2.00. The molecule has 0 bridgehead atoms. The molecule has 1 saturated carbocycles. The molecule has 0 saturated heterocycles. The highest BCUT2D eigenvalue weighted by Crippen LogP contribution is 2.26. The van der Waals surface area contributed by atoms with Gasteiger partial charge in [0.15, 0.2) is 11.3 Å². The van der Waals surface area contributed by atoms with Crippen LogP contribution in [0.15, 0.2) is 28.7 Å². The molecule has 0 unspecified atom stereocenters. The number of benzene rings is 1. The zero-order chi connectivity index (χ0) is 11.8. The van der Waals surface area contributed by atoms with E-state index >= 15 is 0 Å². The number of fused-ring (bicyclic) bond motifs is 1. The lowest BCUT2D eigenvalue weighted by Crippen LogP contribution is -2.24. The SMILES string of the molecule is O=C(CNC1CC1)c1cc2cccc(Cl)c2o1. The molecule has 1 fully saturated rings. The third-order valence-electron chi connectivity index (χ3n) is 2.90. The monoisotopic (exact) mass is 249 g/mol. The first-order chi connectivity index (χ1) is 8.24. The molecule has 2 aromatic rings. The largest absolute Gasteiger partial charge is 0.451 e. The maximum absolute atomic E-state index is 11.9. The number of halogens is 1. The molecule has 17 heavy (non-hydrogen) atoms. The first-order valence-electron chi connectivity index (χ1n) is 5.69. The molecule has 88 valence electrons. The predicted octanol–water partition coefficient (Wildman–Crippen LogP) is 3.02. The maximum Gasteiger partial charge on any atom is 0.211 e. The highest BCUT2D eigenvalue weighted by atomic mass is 35.5. The summed E-state index contributed by atoms with van der Waals surface area (Å²) in [6, 6.07) is 7.75. The van der Waals surface area contributed by atoms with Crippen molar-refractivity contribution in [2.75, 3.05) is 6.54 Å². The number of carbonyl (C=O) groups is 1. The molecule has 0 aliphatic heterocycles. The fraction of sp³-hybridized carbons (Fsp3) is 0.308. The second-order valence-electron chi connectivity index (χ2n) is 4.35. The Hall–Kier alpha value is -1.32. The highest BCUT2D eigenvalue weighted by Gasteiger charge is 2.22. The van der Waals surface area contributed by atoms with E-state index in [1.54, 1.807) is 12.1 Å². The molecule has 0 atom stereocenters. The van der Waals surface area contributed by atoms with Gasteiger partial charge in [0, 0.05) is 11.4 Å². The minimum absolute atomic E-state index is 0.0239. The third-order valence-corrected chi connectivity index (χ3v) is 3.20. The zero-order valence-corrected chi connectivity index (χ0v) is 9.96. The van der Waals surface area contributed by atoms with Crippen LogP contribution in [0.5, 0.6) is 0 Å². The summed E-state index contributed by atoms with van der Waals surface area (Å²) >= 11 is 5.99. The van der Waals surface area contributed by atoms with Gasteiger partial charge in [0.25, 0.3) is 0 Å². The van der Waals surface area contributed by atoms with Gasteiger partial charge in [0.2, 0.25) is 5.78 Å². The smallest absolute Gasteiger partial charge is 0.211 e.